The predicted octanol–water partition coefficient (Wildman–Crippen LogP) is 1.78. The molecule has 2 unspecified atom stereocenters. The van der Waals surface area contributed by atoms with Crippen LogP contribution in [0.2, 0.25) is 0 Å². The maximum atomic E-state index is 11.6. The molecule has 0 fully saturated rings. The average molecular weight is 280 g/mol. The quantitative estimate of drug-likeness (QED) is 0.834. The Balaban J connectivity index is 2.78. The molecule has 0 saturated carbocycles. The summed E-state index contributed by atoms with van der Waals surface area (Å²) in [5.41, 5.74) is 0.817. The van der Waals surface area contributed by atoms with Gasteiger partial charge in [0, 0.05) is 37.2 Å². The van der Waals surface area contributed by atoms with Crippen molar-refractivity contribution in [3.8, 4) is 11.5 Å². The summed E-state index contributed by atoms with van der Waals surface area (Å²) >= 11 is 0. The van der Waals surface area contributed by atoms with E-state index in [-0.39, 0.29) is 23.6 Å². The molecule has 1 aromatic carbocycles. The molecule has 0 bridgehead atoms. The van der Waals surface area contributed by atoms with Crippen LogP contribution in [0.15, 0.2) is 18.2 Å². The second kappa shape index (κ2) is 7.14. The molecule has 0 aromatic heterocycles. The monoisotopic (exact) mass is 280 g/mol. The number of aromatic hydroxyl groups is 1. The van der Waals surface area contributed by atoms with Crippen LogP contribution in [-0.4, -0.2) is 43.7 Å². The molecule has 2 N–H and O–H groups in total. The van der Waals surface area contributed by atoms with E-state index in [1.54, 1.807) is 20.2 Å². The standard InChI is InChI=1S/C15H24N2O3/c1-10(15(19)16-3)9-17(4)11(2)13-7-6-12(20-5)8-14(13)18/h6-8,10-11,18H,9H2,1-5H3,(H,16,19). The van der Waals surface area contributed by atoms with Crippen molar-refractivity contribution in [2.45, 2.75) is 19.9 Å². The van der Waals surface area contributed by atoms with Gasteiger partial charge in [0.1, 0.15) is 11.5 Å². The summed E-state index contributed by atoms with van der Waals surface area (Å²) in [5, 5.41) is 12.7. The van der Waals surface area contributed by atoms with Gasteiger partial charge in [0.15, 0.2) is 0 Å². The molecule has 0 heterocycles. The summed E-state index contributed by atoms with van der Waals surface area (Å²) in [7, 11) is 5.14. The minimum atomic E-state index is -0.104. The summed E-state index contributed by atoms with van der Waals surface area (Å²) in [6.07, 6.45) is 0. The number of amides is 1. The summed E-state index contributed by atoms with van der Waals surface area (Å²) in [6.45, 7) is 4.50. The number of nitrogens with zero attached hydrogens (tertiary/aromatic N) is 1. The zero-order chi connectivity index (χ0) is 15.3. The van der Waals surface area contributed by atoms with Gasteiger partial charge in [-0.25, -0.2) is 0 Å². The van der Waals surface area contributed by atoms with Crippen molar-refractivity contribution >= 4 is 5.91 Å². The minimum absolute atomic E-state index is 0.00742. The molecule has 0 aliphatic carbocycles. The highest BCUT2D eigenvalue weighted by Crippen LogP contribution is 2.31. The average Bonchev–Trinajstić information content (AvgIpc) is 2.45. The Bertz CT molecular complexity index is 462. The van der Waals surface area contributed by atoms with E-state index in [2.05, 4.69) is 5.32 Å². The first-order valence-corrected chi connectivity index (χ1v) is 6.69. The van der Waals surface area contributed by atoms with Crippen LogP contribution in [0, 0.1) is 5.92 Å². The van der Waals surface area contributed by atoms with Gasteiger partial charge in [-0.2, -0.15) is 0 Å². The van der Waals surface area contributed by atoms with Crippen molar-refractivity contribution in [1.82, 2.24) is 10.2 Å². The number of nitrogens with one attached hydrogen (secondary N) is 1. The van der Waals surface area contributed by atoms with E-state index in [4.69, 9.17) is 4.74 Å². The molecular weight excluding hydrogens is 256 g/mol. The van der Waals surface area contributed by atoms with E-state index >= 15 is 0 Å². The van der Waals surface area contributed by atoms with E-state index in [9.17, 15) is 9.90 Å². The van der Waals surface area contributed by atoms with Crippen LogP contribution >= 0.6 is 0 Å². The molecule has 5 nitrogen and oxygen atoms in total. The topological polar surface area (TPSA) is 61.8 Å². The van der Waals surface area contributed by atoms with E-state index in [0.717, 1.165) is 5.56 Å². The van der Waals surface area contributed by atoms with Crippen LogP contribution < -0.4 is 10.1 Å². The van der Waals surface area contributed by atoms with Crippen molar-refractivity contribution in [2.75, 3.05) is 27.7 Å². The Kier molecular flexibility index (Phi) is 5.82. The van der Waals surface area contributed by atoms with Crippen LogP contribution in [0.25, 0.3) is 0 Å². The molecule has 0 aliphatic rings. The number of carbonyl (C=O) groups is 1. The van der Waals surface area contributed by atoms with Crippen molar-refractivity contribution in [3.63, 3.8) is 0 Å². The number of methoxy groups -OCH3 is 1. The number of phenols is 1. The molecule has 2 atom stereocenters. The fraction of sp³-hybridized carbons (Fsp3) is 0.533. The predicted molar refractivity (Wildman–Crippen MR) is 78.9 cm³/mol. The smallest absolute Gasteiger partial charge is 0.223 e. The lowest BCUT2D eigenvalue weighted by atomic mass is 10.0. The first kappa shape index (κ1) is 16.3. The Morgan fingerprint density at radius 1 is 1.45 bits per heavy atom. The maximum Gasteiger partial charge on any atom is 0.223 e. The lowest BCUT2D eigenvalue weighted by molar-refractivity contribution is -0.124. The Labute approximate surface area is 120 Å². The number of ether oxygens (including phenoxy) is 1. The van der Waals surface area contributed by atoms with Crippen LogP contribution in [-0.2, 0) is 4.79 Å². The number of hydrogen-bond acceptors (Lipinski definition) is 4. The van der Waals surface area contributed by atoms with Crippen molar-refractivity contribution in [1.29, 1.82) is 0 Å². The van der Waals surface area contributed by atoms with Gasteiger partial charge in [-0.3, -0.25) is 9.69 Å². The van der Waals surface area contributed by atoms with Gasteiger partial charge in [-0.1, -0.05) is 13.0 Å². The van der Waals surface area contributed by atoms with Gasteiger partial charge in [0.2, 0.25) is 5.91 Å². The van der Waals surface area contributed by atoms with E-state index in [1.165, 1.54) is 0 Å². The van der Waals surface area contributed by atoms with Gasteiger partial charge in [-0.05, 0) is 20.0 Å². The molecule has 112 valence electrons. The molecular formula is C15H24N2O3. The lowest BCUT2D eigenvalue weighted by Crippen LogP contribution is -2.35. The van der Waals surface area contributed by atoms with Gasteiger partial charge in [0.05, 0.1) is 7.11 Å². The fourth-order valence-corrected chi connectivity index (χ4v) is 2.16. The first-order chi connectivity index (χ1) is 9.40. The third-order valence-corrected chi connectivity index (χ3v) is 3.60. The van der Waals surface area contributed by atoms with Gasteiger partial charge < -0.3 is 15.2 Å². The second-order valence-corrected chi connectivity index (χ2v) is 5.06. The molecule has 1 amide bonds. The Morgan fingerprint density at radius 2 is 2.10 bits per heavy atom. The number of phenolic OH excluding ortho intramolecular Hbond substituents is 1. The number of hydrogen-bond donors (Lipinski definition) is 2. The molecule has 1 aromatic rings. The fourth-order valence-electron chi connectivity index (χ4n) is 2.16. The number of benzene rings is 1. The molecule has 0 radical (unpaired) electrons. The van der Waals surface area contributed by atoms with E-state index in [0.29, 0.717) is 12.3 Å². The van der Waals surface area contributed by atoms with Crippen molar-refractivity contribution in [3.05, 3.63) is 23.8 Å². The largest absolute Gasteiger partial charge is 0.507 e. The number of carbonyl (C=O) groups excluding carboxylic acids is 1. The molecule has 0 spiro atoms. The molecule has 20 heavy (non-hydrogen) atoms. The van der Waals surface area contributed by atoms with Crippen LogP contribution in [0.3, 0.4) is 0 Å². The van der Waals surface area contributed by atoms with Gasteiger partial charge in [-0.15, -0.1) is 0 Å². The van der Waals surface area contributed by atoms with E-state index in [1.807, 2.05) is 37.9 Å². The zero-order valence-corrected chi connectivity index (χ0v) is 12.8. The molecule has 0 aliphatic heterocycles. The van der Waals surface area contributed by atoms with Crippen molar-refractivity contribution < 1.29 is 14.6 Å². The molecule has 0 saturated heterocycles. The summed E-state index contributed by atoms with van der Waals surface area (Å²) in [4.78, 5) is 13.6. The first-order valence-electron chi connectivity index (χ1n) is 6.69. The van der Waals surface area contributed by atoms with Crippen LogP contribution in [0.1, 0.15) is 25.5 Å². The SMILES string of the molecule is CNC(=O)C(C)CN(C)C(C)c1ccc(OC)cc1O. The third-order valence-electron chi connectivity index (χ3n) is 3.60. The highest BCUT2D eigenvalue weighted by atomic mass is 16.5. The second-order valence-electron chi connectivity index (χ2n) is 5.06. The zero-order valence-electron chi connectivity index (χ0n) is 12.8. The van der Waals surface area contributed by atoms with Crippen LogP contribution in [0.5, 0.6) is 11.5 Å². The summed E-state index contributed by atoms with van der Waals surface area (Å²) in [5.74, 6) is 0.743. The summed E-state index contributed by atoms with van der Waals surface area (Å²) in [6, 6.07) is 5.27. The third kappa shape index (κ3) is 3.87. The minimum Gasteiger partial charge on any atom is -0.507 e. The normalized spacial score (nSPS) is 13.9. The van der Waals surface area contributed by atoms with Crippen LogP contribution in [0.4, 0.5) is 0 Å². The number of rotatable bonds is 6. The lowest BCUT2D eigenvalue weighted by Gasteiger charge is -2.27. The van der Waals surface area contributed by atoms with Gasteiger partial charge >= 0.3 is 0 Å². The van der Waals surface area contributed by atoms with Crippen molar-refractivity contribution in [2.24, 2.45) is 5.92 Å². The molecule has 5 heteroatoms. The van der Waals surface area contributed by atoms with E-state index < -0.39 is 0 Å². The Morgan fingerprint density at radius 3 is 2.60 bits per heavy atom. The maximum absolute atomic E-state index is 11.6. The Hall–Kier alpha value is -1.75. The summed E-state index contributed by atoms with van der Waals surface area (Å²) < 4.78 is 5.07. The highest BCUT2D eigenvalue weighted by molar-refractivity contribution is 5.78. The molecule has 1 rings (SSSR count). The highest BCUT2D eigenvalue weighted by Gasteiger charge is 2.20. The van der Waals surface area contributed by atoms with Gasteiger partial charge in [0.25, 0.3) is 0 Å².